The van der Waals surface area contributed by atoms with Crippen LogP contribution in [-0.4, -0.2) is 34.8 Å². The van der Waals surface area contributed by atoms with Crippen molar-refractivity contribution in [2.45, 2.75) is 17.7 Å². The van der Waals surface area contributed by atoms with E-state index in [4.69, 9.17) is 5.73 Å². The summed E-state index contributed by atoms with van der Waals surface area (Å²) in [5.74, 6) is 3.87. The number of amidine groups is 1. The first-order valence-electron chi connectivity index (χ1n) is 10.2. The molecule has 1 aliphatic heterocycles. The van der Waals surface area contributed by atoms with Gasteiger partial charge in [-0.2, -0.15) is 4.39 Å². The van der Waals surface area contributed by atoms with Gasteiger partial charge in [-0.1, -0.05) is 48.9 Å². The Morgan fingerprint density at radius 3 is 2.66 bits per heavy atom. The van der Waals surface area contributed by atoms with E-state index in [1.54, 1.807) is 32.3 Å². The first-order chi connectivity index (χ1) is 15.2. The summed E-state index contributed by atoms with van der Waals surface area (Å²) in [6, 6.07) is 12.8. The zero-order chi connectivity index (χ0) is 23.0. The predicted molar refractivity (Wildman–Crippen MR) is 125 cm³/mol. The highest BCUT2D eigenvalue weighted by atomic mass is 32.2. The molecule has 0 radical (unpaired) electrons. The van der Waals surface area contributed by atoms with Crippen LogP contribution in [-0.2, 0) is 4.79 Å². The Kier molecular flexibility index (Phi) is 5.83. The fraction of sp³-hybridized carbons (Fsp3) is 0.280. The van der Waals surface area contributed by atoms with E-state index in [1.165, 1.54) is 34.9 Å². The molecule has 4 rings (SSSR count). The predicted octanol–water partition coefficient (Wildman–Crippen LogP) is 4.38. The number of benzene rings is 2. The summed E-state index contributed by atoms with van der Waals surface area (Å²) in [6.07, 6.45) is 1.26. The van der Waals surface area contributed by atoms with Gasteiger partial charge in [0.2, 0.25) is 5.91 Å². The third kappa shape index (κ3) is 3.91. The molecule has 2 aromatic carbocycles. The topological polar surface area (TPSA) is 58.7 Å². The second-order valence-electron chi connectivity index (χ2n) is 8.21. The van der Waals surface area contributed by atoms with Crippen LogP contribution < -0.4 is 5.73 Å². The smallest absolute Gasteiger partial charge is 0.239 e. The second-order valence-corrected chi connectivity index (χ2v) is 9.51. The van der Waals surface area contributed by atoms with Gasteiger partial charge < -0.3 is 10.6 Å². The molecule has 1 heterocycles. The molecule has 4 nitrogen and oxygen atoms in total. The van der Waals surface area contributed by atoms with Crippen molar-refractivity contribution in [1.82, 2.24) is 4.90 Å². The number of halogens is 2. The van der Waals surface area contributed by atoms with Crippen molar-refractivity contribution in [2.75, 3.05) is 14.1 Å². The maximum Gasteiger partial charge on any atom is 0.239 e. The molecular weight excluding hydrogens is 428 g/mol. The minimum absolute atomic E-state index is 0.0238. The van der Waals surface area contributed by atoms with Gasteiger partial charge in [0.25, 0.3) is 0 Å². The van der Waals surface area contributed by atoms with Crippen molar-refractivity contribution in [3.05, 3.63) is 76.9 Å². The van der Waals surface area contributed by atoms with Gasteiger partial charge in [0, 0.05) is 31.1 Å². The van der Waals surface area contributed by atoms with E-state index in [0.29, 0.717) is 16.7 Å². The summed E-state index contributed by atoms with van der Waals surface area (Å²) < 4.78 is 28.5. The van der Waals surface area contributed by atoms with Gasteiger partial charge in [-0.15, -0.1) is 0 Å². The Bertz CT molecular complexity index is 1180. The normalized spacial score (nSPS) is 26.3. The molecule has 0 spiro atoms. The lowest BCUT2D eigenvalue weighted by molar-refractivity contribution is -0.129. The fourth-order valence-corrected chi connectivity index (χ4v) is 5.87. The Hall–Kier alpha value is -3.11. The van der Waals surface area contributed by atoms with Crippen LogP contribution in [0.15, 0.2) is 59.4 Å². The number of carbonyl (C=O) groups is 1. The standard InChI is InChI=1S/C25H23F2N3OS/c1-15-21-22(29-24(28)32-25(15,21)23(31)30(2)3)19-14-17(10-12-20(19)27)13-18(26)11-9-16-7-5-4-6-8-16/h4-8,10,12-15,21-22H,1-3H3,(H2,28,29)/b18-13-. The number of rotatable bonds is 3. The molecule has 7 heteroatoms. The molecule has 2 aromatic rings. The van der Waals surface area contributed by atoms with E-state index in [9.17, 15) is 13.6 Å². The minimum Gasteiger partial charge on any atom is -0.378 e. The number of hydrogen-bond donors (Lipinski definition) is 1. The lowest BCUT2D eigenvalue weighted by atomic mass is 9.97. The third-order valence-corrected chi connectivity index (χ3v) is 7.42. The van der Waals surface area contributed by atoms with Crippen molar-refractivity contribution in [1.29, 1.82) is 0 Å². The van der Waals surface area contributed by atoms with Crippen molar-refractivity contribution in [2.24, 2.45) is 22.6 Å². The van der Waals surface area contributed by atoms with Crippen LogP contribution >= 0.6 is 11.8 Å². The lowest BCUT2D eigenvalue weighted by Gasteiger charge is -2.27. The Balaban J connectivity index is 1.66. The van der Waals surface area contributed by atoms with Crippen molar-refractivity contribution < 1.29 is 13.6 Å². The van der Waals surface area contributed by atoms with Crippen molar-refractivity contribution >= 4 is 28.9 Å². The molecule has 0 bridgehead atoms. The molecule has 1 saturated carbocycles. The summed E-state index contributed by atoms with van der Waals surface area (Å²) in [6.45, 7) is 1.96. The van der Waals surface area contributed by atoms with E-state index >= 15 is 0 Å². The summed E-state index contributed by atoms with van der Waals surface area (Å²) in [4.78, 5) is 18.9. The Morgan fingerprint density at radius 1 is 1.25 bits per heavy atom. The zero-order valence-electron chi connectivity index (χ0n) is 18.0. The molecule has 2 N–H and O–H groups in total. The monoisotopic (exact) mass is 451 g/mol. The number of hydrogen-bond acceptors (Lipinski definition) is 4. The highest BCUT2D eigenvalue weighted by Gasteiger charge is 2.73. The molecule has 1 fully saturated rings. The van der Waals surface area contributed by atoms with Gasteiger partial charge in [-0.05, 0) is 47.7 Å². The molecule has 4 atom stereocenters. The number of aliphatic imine (C=N–C) groups is 1. The first kappa shape index (κ1) is 22.1. The summed E-state index contributed by atoms with van der Waals surface area (Å²) in [5, 5.41) is 0.256. The molecule has 4 unspecified atom stereocenters. The molecule has 0 saturated heterocycles. The Labute approximate surface area is 190 Å². The average Bonchev–Trinajstić information content (AvgIpc) is 3.37. The van der Waals surface area contributed by atoms with Crippen LogP contribution in [0.3, 0.4) is 0 Å². The fourth-order valence-electron chi connectivity index (χ4n) is 4.36. The van der Waals surface area contributed by atoms with Gasteiger partial charge in [0.15, 0.2) is 11.0 Å². The van der Waals surface area contributed by atoms with Crippen LogP contribution in [0.5, 0.6) is 0 Å². The van der Waals surface area contributed by atoms with E-state index in [0.717, 1.165) is 0 Å². The van der Waals surface area contributed by atoms with Crippen LogP contribution in [0.25, 0.3) is 6.08 Å². The zero-order valence-corrected chi connectivity index (χ0v) is 18.8. The number of fused-ring (bicyclic) bond motifs is 1. The second kappa shape index (κ2) is 8.44. The molecular formula is C25H23F2N3OS. The highest BCUT2D eigenvalue weighted by Crippen LogP contribution is 2.68. The molecule has 0 aromatic heterocycles. The number of thioether (sulfide) groups is 1. The maximum absolute atomic E-state index is 14.8. The number of amides is 1. The number of nitrogens with zero attached hydrogens (tertiary/aromatic N) is 2. The third-order valence-electron chi connectivity index (χ3n) is 5.95. The molecule has 1 amide bonds. The Morgan fingerprint density at radius 2 is 1.97 bits per heavy atom. The van der Waals surface area contributed by atoms with Crippen molar-refractivity contribution in [3.63, 3.8) is 0 Å². The van der Waals surface area contributed by atoms with E-state index in [2.05, 4.69) is 16.8 Å². The van der Waals surface area contributed by atoms with E-state index in [1.807, 2.05) is 25.1 Å². The van der Waals surface area contributed by atoms with Gasteiger partial charge in [0.05, 0.1) is 6.04 Å². The molecule has 1 aliphatic carbocycles. The SMILES string of the molecule is CC1C2C(c3cc(/C=C(\F)C#Cc4ccccc4)ccc3F)N=C(N)SC12C(=O)N(C)C. The van der Waals surface area contributed by atoms with Gasteiger partial charge in [-0.3, -0.25) is 9.79 Å². The van der Waals surface area contributed by atoms with Crippen molar-refractivity contribution in [3.8, 4) is 11.8 Å². The summed E-state index contributed by atoms with van der Waals surface area (Å²) in [7, 11) is 3.39. The minimum atomic E-state index is -0.745. The molecule has 32 heavy (non-hydrogen) atoms. The number of allylic oxidation sites excluding steroid dienone is 1. The van der Waals surface area contributed by atoms with Gasteiger partial charge in [0.1, 0.15) is 10.6 Å². The maximum atomic E-state index is 14.8. The number of carbonyl (C=O) groups excluding carboxylic acids is 1. The molecule has 2 aliphatic rings. The van der Waals surface area contributed by atoms with Crippen LogP contribution in [0, 0.1) is 29.5 Å². The lowest BCUT2D eigenvalue weighted by Crippen LogP contribution is -2.39. The number of nitrogens with two attached hydrogens (primary N) is 1. The first-order valence-corrected chi connectivity index (χ1v) is 11.0. The summed E-state index contributed by atoms with van der Waals surface area (Å²) >= 11 is 1.25. The largest absolute Gasteiger partial charge is 0.378 e. The van der Waals surface area contributed by atoms with E-state index in [-0.39, 0.29) is 22.9 Å². The summed E-state index contributed by atoms with van der Waals surface area (Å²) in [5.41, 5.74) is 7.52. The highest BCUT2D eigenvalue weighted by molar-refractivity contribution is 8.15. The van der Waals surface area contributed by atoms with E-state index < -0.39 is 22.4 Å². The van der Waals surface area contributed by atoms with Crippen LogP contribution in [0.4, 0.5) is 8.78 Å². The average molecular weight is 452 g/mol. The van der Waals surface area contributed by atoms with Gasteiger partial charge >= 0.3 is 0 Å². The van der Waals surface area contributed by atoms with Gasteiger partial charge in [-0.25, -0.2) is 4.39 Å². The molecule has 164 valence electrons. The quantitative estimate of drug-likeness (QED) is 0.705. The van der Waals surface area contributed by atoms with Crippen LogP contribution in [0.2, 0.25) is 0 Å². The van der Waals surface area contributed by atoms with Crippen LogP contribution in [0.1, 0.15) is 29.7 Å².